The van der Waals surface area contributed by atoms with Crippen LogP contribution in [0.25, 0.3) is 16.6 Å². The Morgan fingerprint density at radius 1 is 0.967 bits per heavy atom. The summed E-state index contributed by atoms with van der Waals surface area (Å²) in [5.41, 5.74) is 3.28. The molecular formula is C25H22FN3O. The summed E-state index contributed by atoms with van der Waals surface area (Å²) in [5, 5.41) is 5.41. The van der Waals surface area contributed by atoms with Crippen molar-refractivity contribution in [1.29, 1.82) is 0 Å². The van der Waals surface area contributed by atoms with E-state index in [1.54, 1.807) is 23.0 Å². The van der Waals surface area contributed by atoms with Gasteiger partial charge in [-0.05, 0) is 54.4 Å². The normalized spacial score (nSPS) is 18.3. The van der Waals surface area contributed by atoms with Crippen molar-refractivity contribution in [1.82, 2.24) is 9.78 Å². The maximum absolute atomic E-state index is 13.3. The molecule has 4 aromatic rings. The van der Waals surface area contributed by atoms with Gasteiger partial charge in [-0.3, -0.25) is 4.79 Å². The largest absolute Gasteiger partial charge is 0.304 e. The Hall–Kier alpha value is -3.47. The van der Waals surface area contributed by atoms with E-state index in [2.05, 4.69) is 17.2 Å². The van der Waals surface area contributed by atoms with Gasteiger partial charge in [0.15, 0.2) is 0 Å². The monoisotopic (exact) mass is 399 g/mol. The molecule has 5 rings (SSSR count). The number of nitrogens with zero attached hydrogens (tertiary/aromatic N) is 3. The smallest absolute Gasteiger partial charge is 0.233 e. The van der Waals surface area contributed by atoms with E-state index >= 15 is 0 Å². The molecule has 0 aliphatic carbocycles. The van der Waals surface area contributed by atoms with Crippen LogP contribution in [0.1, 0.15) is 31.9 Å². The van der Waals surface area contributed by atoms with Gasteiger partial charge in [0.25, 0.3) is 0 Å². The van der Waals surface area contributed by atoms with Crippen molar-refractivity contribution in [3.63, 3.8) is 0 Å². The summed E-state index contributed by atoms with van der Waals surface area (Å²) in [6.07, 6.45) is 2.55. The molecule has 0 radical (unpaired) electrons. The predicted octanol–water partition coefficient (Wildman–Crippen LogP) is 5.67. The maximum Gasteiger partial charge on any atom is 0.233 e. The lowest BCUT2D eigenvalue weighted by atomic mass is 9.88. The average Bonchev–Trinajstić information content (AvgIpc) is 3.27. The van der Waals surface area contributed by atoms with Gasteiger partial charge in [0.05, 0.1) is 23.4 Å². The molecule has 1 aliphatic heterocycles. The Labute approximate surface area is 174 Å². The molecule has 1 saturated heterocycles. The SMILES string of the molecule is CC1(C)CC(c2ccccc2)N(c2ccc3c(cnn3-c3ccc(F)cc3)c2)C1=O. The van der Waals surface area contributed by atoms with Crippen molar-refractivity contribution >= 4 is 22.5 Å². The molecule has 2 heterocycles. The highest BCUT2D eigenvalue weighted by Gasteiger charge is 2.46. The molecule has 1 fully saturated rings. The number of amides is 1. The summed E-state index contributed by atoms with van der Waals surface area (Å²) in [6, 6.07) is 22.4. The zero-order valence-corrected chi connectivity index (χ0v) is 16.9. The highest BCUT2D eigenvalue weighted by molar-refractivity contribution is 6.02. The molecule has 4 nitrogen and oxygen atoms in total. The van der Waals surface area contributed by atoms with E-state index in [0.29, 0.717) is 0 Å². The summed E-state index contributed by atoms with van der Waals surface area (Å²) < 4.78 is 15.1. The summed E-state index contributed by atoms with van der Waals surface area (Å²) in [4.78, 5) is 15.2. The van der Waals surface area contributed by atoms with Crippen molar-refractivity contribution in [2.75, 3.05) is 4.90 Å². The molecule has 30 heavy (non-hydrogen) atoms. The van der Waals surface area contributed by atoms with Crippen molar-refractivity contribution in [3.05, 3.63) is 90.4 Å². The Balaban J connectivity index is 1.58. The third-order valence-corrected chi connectivity index (χ3v) is 5.90. The van der Waals surface area contributed by atoms with E-state index in [4.69, 9.17) is 0 Å². The molecule has 1 atom stereocenters. The highest BCUT2D eigenvalue weighted by Crippen LogP contribution is 2.46. The van der Waals surface area contributed by atoms with Crippen LogP contribution in [0.2, 0.25) is 0 Å². The molecule has 1 unspecified atom stereocenters. The fraction of sp³-hybridized carbons (Fsp3) is 0.200. The summed E-state index contributed by atoms with van der Waals surface area (Å²) in [7, 11) is 0. The van der Waals surface area contributed by atoms with E-state index in [0.717, 1.165) is 34.3 Å². The van der Waals surface area contributed by atoms with Crippen molar-refractivity contribution in [2.24, 2.45) is 5.41 Å². The van der Waals surface area contributed by atoms with Crippen LogP contribution in [0.5, 0.6) is 0 Å². The van der Waals surface area contributed by atoms with Crippen molar-refractivity contribution in [2.45, 2.75) is 26.3 Å². The zero-order chi connectivity index (χ0) is 20.9. The third-order valence-electron chi connectivity index (χ3n) is 5.90. The topological polar surface area (TPSA) is 38.1 Å². The first kappa shape index (κ1) is 18.6. The van der Waals surface area contributed by atoms with Gasteiger partial charge in [-0.1, -0.05) is 44.2 Å². The lowest BCUT2D eigenvalue weighted by Gasteiger charge is -2.25. The molecular weight excluding hydrogens is 377 g/mol. The van der Waals surface area contributed by atoms with Gasteiger partial charge < -0.3 is 4.90 Å². The summed E-state index contributed by atoms with van der Waals surface area (Å²) >= 11 is 0. The molecule has 0 N–H and O–H groups in total. The first-order valence-corrected chi connectivity index (χ1v) is 10.1. The van der Waals surface area contributed by atoms with E-state index in [-0.39, 0.29) is 17.8 Å². The number of anilines is 1. The predicted molar refractivity (Wildman–Crippen MR) is 116 cm³/mol. The molecule has 0 bridgehead atoms. The van der Waals surface area contributed by atoms with Gasteiger partial charge in [-0.25, -0.2) is 9.07 Å². The number of aromatic nitrogens is 2. The van der Waals surface area contributed by atoms with Gasteiger partial charge in [0.1, 0.15) is 5.82 Å². The second kappa shape index (κ2) is 6.80. The van der Waals surface area contributed by atoms with Crippen LogP contribution in [0.3, 0.4) is 0 Å². The van der Waals surface area contributed by atoms with E-state index < -0.39 is 5.41 Å². The minimum atomic E-state index is -0.423. The third kappa shape index (κ3) is 2.98. The minimum Gasteiger partial charge on any atom is -0.304 e. The number of hydrogen-bond donors (Lipinski definition) is 0. The fourth-order valence-corrected chi connectivity index (χ4v) is 4.33. The molecule has 150 valence electrons. The van der Waals surface area contributed by atoms with E-state index in [1.165, 1.54) is 12.1 Å². The molecule has 0 spiro atoms. The van der Waals surface area contributed by atoms with Crippen LogP contribution in [-0.4, -0.2) is 15.7 Å². The van der Waals surface area contributed by atoms with Crippen molar-refractivity contribution in [3.8, 4) is 5.69 Å². The number of fused-ring (bicyclic) bond motifs is 1. The first-order chi connectivity index (χ1) is 14.4. The molecule has 3 aromatic carbocycles. The molecule has 1 aliphatic rings. The van der Waals surface area contributed by atoms with Crippen LogP contribution in [0, 0.1) is 11.2 Å². The van der Waals surface area contributed by atoms with E-state index in [1.807, 2.05) is 55.1 Å². The molecule has 1 aromatic heterocycles. The van der Waals surface area contributed by atoms with Crippen LogP contribution in [0.15, 0.2) is 79.0 Å². The number of carbonyl (C=O) groups excluding carboxylic acids is 1. The summed E-state index contributed by atoms with van der Waals surface area (Å²) in [5.74, 6) is -0.152. The Bertz CT molecular complexity index is 1230. The second-order valence-corrected chi connectivity index (χ2v) is 8.47. The van der Waals surface area contributed by atoms with Crippen LogP contribution >= 0.6 is 0 Å². The van der Waals surface area contributed by atoms with Gasteiger partial charge >= 0.3 is 0 Å². The first-order valence-electron chi connectivity index (χ1n) is 10.1. The van der Waals surface area contributed by atoms with Gasteiger partial charge in [-0.15, -0.1) is 0 Å². The van der Waals surface area contributed by atoms with Crippen molar-refractivity contribution < 1.29 is 9.18 Å². The lowest BCUT2D eigenvalue weighted by molar-refractivity contribution is -0.124. The lowest BCUT2D eigenvalue weighted by Crippen LogP contribution is -2.32. The van der Waals surface area contributed by atoms with Gasteiger partial charge in [0.2, 0.25) is 5.91 Å². The number of carbonyl (C=O) groups is 1. The van der Waals surface area contributed by atoms with Crippen LogP contribution in [-0.2, 0) is 4.79 Å². The number of hydrogen-bond acceptors (Lipinski definition) is 2. The highest BCUT2D eigenvalue weighted by atomic mass is 19.1. The average molecular weight is 399 g/mol. The quantitative estimate of drug-likeness (QED) is 0.445. The molecule has 1 amide bonds. The zero-order valence-electron chi connectivity index (χ0n) is 16.9. The Kier molecular flexibility index (Phi) is 4.21. The number of benzene rings is 3. The summed E-state index contributed by atoms with van der Waals surface area (Å²) in [6.45, 7) is 4.02. The van der Waals surface area contributed by atoms with Crippen LogP contribution < -0.4 is 4.90 Å². The van der Waals surface area contributed by atoms with Crippen LogP contribution in [0.4, 0.5) is 10.1 Å². The fourth-order valence-electron chi connectivity index (χ4n) is 4.33. The number of halogens is 1. The standard InChI is InChI=1S/C25H22FN3O/c1-25(2)15-23(17-6-4-3-5-7-17)28(24(25)30)21-12-13-22-18(14-21)16-27-29(22)20-10-8-19(26)9-11-20/h3-14,16,23H,15H2,1-2H3. The number of rotatable bonds is 3. The van der Waals surface area contributed by atoms with Gasteiger partial charge in [0, 0.05) is 16.5 Å². The minimum absolute atomic E-state index is 0.00158. The van der Waals surface area contributed by atoms with E-state index in [9.17, 15) is 9.18 Å². The Morgan fingerprint density at radius 2 is 1.67 bits per heavy atom. The molecule has 5 heteroatoms. The van der Waals surface area contributed by atoms with Gasteiger partial charge in [-0.2, -0.15) is 5.10 Å². The Morgan fingerprint density at radius 3 is 2.40 bits per heavy atom. The maximum atomic E-state index is 13.3. The molecule has 0 saturated carbocycles. The second-order valence-electron chi connectivity index (χ2n) is 8.47.